The van der Waals surface area contributed by atoms with Crippen molar-refractivity contribution in [1.82, 2.24) is 5.32 Å². The average molecular weight is 145 g/mol. The van der Waals surface area contributed by atoms with E-state index < -0.39 is 0 Å². The Morgan fingerprint density at radius 3 is 2.30 bits per heavy atom. The summed E-state index contributed by atoms with van der Waals surface area (Å²) >= 11 is 0. The predicted octanol–water partition coefficient (Wildman–Crippen LogP) is 2.67. The van der Waals surface area contributed by atoms with Crippen LogP contribution in [0.4, 0.5) is 0 Å². The Bertz CT molecular complexity index is 50.7. The summed E-state index contributed by atoms with van der Waals surface area (Å²) in [7, 11) is 0. The molecule has 0 rings (SSSR count). The van der Waals surface area contributed by atoms with Gasteiger partial charge in [-0.1, -0.05) is 34.6 Å². The number of unbranched alkanes of at least 4 members (excludes halogenated alkanes) is 1. The van der Waals surface area contributed by atoms with Gasteiger partial charge in [-0.2, -0.15) is 0 Å². The van der Waals surface area contributed by atoms with Crippen molar-refractivity contribution in [3.63, 3.8) is 0 Å². The van der Waals surface area contributed by atoms with Crippen molar-refractivity contribution in [2.45, 2.75) is 41.0 Å². The highest BCUT2D eigenvalue weighted by molar-refractivity contribution is 4.49. The maximum Gasteiger partial charge on any atom is -0.00258 e. The second-order valence-corrected chi connectivity index (χ2v) is 2.95. The van der Waals surface area contributed by atoms with Crippen LogP contribution in [0.2, 0.25) is 0 Å². The third kappa shape index (κ3) is 10.9. The summed E-state index contributed by atoms with van der Waals surface area (Å²) in [5.74, 6) is 0.793. The maximum absolute atomic E-state index is 3.39. The first-order valence-corrected chi connectivity index (χ1v) is 3.98. The average Bonchev–Trinajstić information content (AvgIpc) is 1.80. The standard InChI is InChI=1S/C8H19N.CH4/c1-4-5-6-9-7-8(2)3;/h8-9H,4-7H2,1-3H3;1H4. The summed E-state index contributed by atoms with van der Waals surface area (Å²) in [5, 5.41) is 3.39. The van der Waals surface area contributed by atoms with Crippen LogP contribution in [-0.4, -0.2) is 13.1 Å². The van der Waals surface area contributed by atoms with Gasteiger partial charge in [-0.05, 0) is 25.4 Å². The third-order valence-electron chi connectivity index (χ3n) is 1.26. The molecule has 0 radical (unpaired) electrons. The van der Waals surface area contributed by atoms with E-state index in [0.717, 1.165) is 5.92 Å². The molecule has 0 heterocycles. The van der Waals surface area contributed by atoms with Crippen LogP contribution in [0.15, 0.2) is 0 Å². The Kier molecular flexibility index (Phi) is 11.3. The molecule has 64 valence electrons. The van der Waals surface area contributed by atoms with Crippen LogP contribution in [0.3, 0.4) is 0 Å². The molecule has 0 saturated carbocycles. The van der Waals surface area contributed by atoms with Gasteiger partial charge >= 0.3 is 0 Å². The van der Waals surface area contributed by atoms with Gasteiger partial charge in [0.05, 0.1) is 0 Å². The van der Waals surface area contributed by atoms with Gasteiger partial charge in [0.25, 0.3) is 0 Å². The third-order valence-corrected chi connectivity index (χ3v) is 1.26. The Labute approximate surface area is 66.2 Å². The Morgan fingerprint density at radius 2 is 1.90 bits per heavy atom. The lowest BCUT2D eigenvalue weighted by Crippen LogP contribution is -2.20. The summed E-state index contributed by atoms with van der Waals surface area (Å²) < 4.78 is 0. The molecular weight excluding hydrogens is 122 g/mol. The van der Waals surface area contributed by atoms with Crippen LogP contribution in [0.1, 0.15) is 41.0 Å². The predicted molar refractivity (Wildman–Crippen MR) is 49.3 cm³/mol. The second-order valence-electron chi connectivity index (χ2n) is 2.95. The van der Waals surface area contributed by atoms with Gasteiger partial charge < -0.3 is 5.32 Å². The molecule has 0 spiro atoms. The van der Waals surface area contributed by atoms with Gasteiger partial charge in [0.2, 0.25) is 0 Å². The molecule has 0 aromatic carbocycles. The van der Waals surface area contributed by atoms with E-state index in [-0.39, 0.29) is 7.43 Å². The van der Waals surface area contributed by atoms with E-state index in [4.69, 9.17) is 0 Å². The van der Waals surface area contributed by atoms with E-state index in [1.807, 2.05) is 0 Å². The first-order valence-electron chi connectivity index (χ1n) is 3.98. The van der Waals surface area contributed by atoms with Gasteiger partial charge in [0.1, 0.15) is 0 Å². The summed E-state index contributed by atoms with van der Waals surface area (Å²) in [6, 6.07) is 0. The molecular formula is C9H23N. The van der Waals surface area contributed by atoms with E-state index in [1.54, 1.807) is 0 Å². The first-order chi connectivity index (χ1) is 4.27. The van der Waals surface area contributed by atoms with Gasteiger partial charge in [-0.25, -0.2) is 0 Å². The zero-order valence-corrected chi connectivity index (χ0v) is 6.91. The highest BCUT2D eigenvalue weighted by Gasteiger charge is 1.89. The minimum atomic E-state index is 0. The van der Waals surface area contributed by atoms with Crippen LogP contribution in [0.25, 0.3) is 0 Å². The fourth-order valence-corrected chi connectivity index (χ4v) is 0.693. The van der Waals surface area contributed by atoms with Crippen LogP contribution in [0, 0.1) is 5.92 Å². The monoisotopic (exact) mass is 145 g/mol. The van der Waals surface area contributed by atoms with Crippen molar-refractivity contribution < 1.29 is 0 Å². The summed E-state index contributed by atoms with van der Waals surface area (Å²) in [5.41, 5.74) is 0. The molecule has 1 heteroatoms. The molecule has 0 fully saturated rings. The minimum Gasteiger partial charge on any atom is -0.316 e. The Morgan fingerprint density at radius 1 is 1.30 bits per heavy atom. The molecule has 0 bridgehead atoms. The number of hydrogen-bond donors (Lipinski definition) is 1. The summed E-state index contributed by atoms with van der Waals surface area (Å²) in [4.78, 5) is 0. The van der Waals surface area contributed by atoms with Gasteiger partial charge in [0, 0.05) is 0 Å². The molecule has 10 heavy (non-hydrogen) atoms. The molecule has 0 aromatic heterocycles. The fraction of sp³-hybridized carbons (Fsp3) is 1.00. The van der Waals surface area contributed by atoms with Gasteiger partial charge in [-0.15, -0.1) is 0 Å². The number of rotatable bonds is 5. The van der Waals surface area contributed by atoms with Crippen molar-refractivity contribution in [2.75, 3.05) is 13.1 Å². The van der Waals surface area contributed by atoms with Crippen molar-refractivity contribution >= 4 is 0 Å². The number of nitrogens with one attached hydrogen (secondary N) is 1. The van der Waals surface area contributed by atoms with E-state index in [2.05, 4.69) is 26.1 Å². The van der Waals surface area contributed by atoms with Gasteiger partial charge in [0.15, 0.2) is 0 Å². The highest BCUT2D eigenvalue weighted by atomic mass is 14.8. The van der Waals surface area contributed by atoms with Crippen molar-refractivity contribution in [1.29, 1.82) is 0 Å². The van der Waals surface area contributed by atoms with Crippen molar-refractivity contribution in [3.8, 4) is 0 Å². The summed E-state index contributed by atoms with van der Waals surface area (Å²) in [6.07, 6.45) is 2.61. The second kappa shape index (κ2) is 8.96. The lowest BCUT2D eigenvalue weighted by atomic mass is 10.2. The molecule has 0 atom stereocenters. The Balaban J connectivity index is 0. The zero-order valence-electron chi connectivity index (χ0n) is 6.91. The van der Waals surface area contributed by atoms with Crippen LogP contribution < -0.4 is 5.32 Å². The highest BCUT2D eigenvalue weighted by Crippen LogP contribution is 1.88. The van der Waals surface area contributed by atoms with E-state index >= 15 is 0 Å². The lowest BCUT2D eigenvalue weighted by molar-refractivity contribution is 0.540. The van der Waals surface area contributed by atoms with Gasteiger partial charge in [-0.3, -0.25) is 0 Å². The van der Waals surface area contributed by atoms with Crippen LogP contribution in [0.5, 0.6) is 0 Å². The molecule has 1 nitrogen and oxygen atoms in total. The van der Waals surface area contributed by atoms with E-state index in [9.17, 15) is 0 Å². The largest absolute Gasteiger partial charge is 0.316 e. The molecule has 0 aliphatic heterocycles. The molecule has 0 aromatic rings. The Hall–Kier alpha value is -0.0400. The molecule has 0 saturated heterocycles. The minimum absolute atomic E-state index is 0. The summed E-state index contributed by atoms with van der Waals surface area (Å²) in [6.45, 7) is 9.05. The van der Waals surface area contributed by atoms with E-state index in [1.165, 1.54) is 25.9 Å². The quantitative estimate of drug-likeness (QED) is 0.586. The first kappa shape index (κ1) is 12.6. The van der Waals surface area contributed by atoms with Crippen molar-refractivity contribution in [3.05, 3.63) is 0 Å². The zero-order chi connectivity index (χ0) is 7.11. The normalized spacial score (nSPS) is 9.60. The van der Waals surface area contributed by atoms with Crippen LogP contribution in [-0.2, 0) is 0 Å². The van der Waals surface area contributed by atoms with Crippen LogP contribution >= 0.6 is 0 Å². The van der Waals surface area contributed by atoms with E-state index in [0.29, 0.717) is 0 Å². The van der Waals surface area contributed by atoms with Crippen molar-refractivity contribution in [2.24, 2.45) is 5.92 Å². The molecule has 1 N–H and O–H groups in total. The fourth-order valence-electron chi connectivity index (χ4n) is 0.693. The lowest BCUT2D eigenvalue weighted by Gasteiger charge is -2.05. The molecule has 0 aliphatic carbocycles. The topological polar surface area (TPSA) is 12.0 Å². The smallest absolute Gasteiger partial charge is 0.00258 e. The maximum atomic E-state index is 3.39. The number of hydrogen-bond acceptors (Lipinski definition) is 1. The molecule has 0 aliphatic rings. The molecule has 0 amide bonds. The molecule has 0 unspecified atom stereocenters. The SMILES string of the molecule is C.CCCCNCC(C)C.